The second-order valence-electron chi connectivity index (χ2n) is 6.82. The molecule has 0 spiro atoms. The minimum atomic E-state index is 0.741. The van der Waals surface area contributed by atoms with Gasteiger partial charge >= 0.3 is 0 Å². The van der Waals surface area contributed by atoms with E-state index in [9.17, 15) is 4.55 Å². The molecule has 29 heavy (non-hydrogen) atoms. The number of anilines is 1. The minimum absolute atomic E-state index is 0.741. The molecule has 0 aliphatic rings. The standard InChI is InChI=1S/C13H13N.C13H10OS/c1-10-2-4-11(5-3-10)12-6-8-13(14)9-7-12;1-3-10-8-13(15-14)12-7-5-4-6-11(12)9(10)2/h2-9H,14H2,1H3;1,4-8,14H,2H3. The van der Waals surface area contributed by atoms with Crippen molar-refractivity contribution in [3.8, 4) is 23.5 Å². The van der Waals surface area contributed by atoms with E-state index in [2.05, 4.69) is 37.1 Å². The third-order valence-corrected chi connectivity index (χ3v) is 5.36. The SMILES string of the molecule is C#Cc1cc(SO)c2ccccc2c1C.Cc1ccc(-c2ccc(N)cc2)cc1. The van der Waals surface area contributed by atoms with Crippen LogP contribution in [0.5, 0.6) is 0 Å². The smallest absolute Gasteiger partial charge is 0.0441 e. The van der Waals surface area contributed by atoms with Crippen LogP contribution in [0, 0.1) is 26.2 Å². The topological polar surface area (TPSA) is 46.2 Å². The quantitative estimate of drug-likeness (QED) is 0.219. The minimum Gasteiger partial charge on any atom is -0.399 e. The molecule has 0 aliphatic heterocycles. The number of terminal acetylenes is 1. The molecule has 4 rings (SSSR count). The van der Waals surface area contributed by atoms with E-state index < -0.39 is 0 Å². The highest BCUT2D eigenvalue weighted by molar-refractivity contribution is 7.94. The molecule has 2 nitrogen and oxygen atoms in total. The number of fused-ring (bicyclic) bond motifs is 1. The van der Waals surface area contributed by atoms with Crippen LogP contribution in [0.4, 0.5) is 5.69 Å². The monoisotopic (exact) mass is 397 g/mol. The maximum atomic E-state index is 9.19. The molecule has 0 amide bonds. The summed E-state index contributed by atoms with van der Waals surface area (Å²) in [6.45, 7) is 4.09. The number of hydrogen-bond donors (Lipinski definition) is 2. The van der Waals surface area contributed by atoms with Crippen molar-refractivity contribution in [1.82, 2.24) is 0 Å². The predicted octanol–water partition coefficient (Wildman–Crippen LogP) is 6.94. The Balaban J connectivity index is 0.000000166. The van der Waals surface area contributed by atoms with Crippen LogP contribution in [0.2, 0.25) is 0 Å². The Morgan fingerprint density at radius 3 is 1.93 bits per heavy atom. The summed E-state index contributed by atoms with van der Waals surface area (Å²) in [4.78, 5) is 0.809. The Morgan fingerprint density at radius 1 is 0.828 bits per heavy atom. The zero-order chi connectivity index (χ0) is 20.8. The van der Waals surface area contributed by atoms with Crippen molar-refractivity contribution in [2.75, 3.05) is 5.73 Å². The fourth-order valence-corrected chi connectivity index (χ4v) is 3.58. The van der Waals surface area contributed by atoms with Crippen LogP contribution < -0.4 is 5.73 Å². The van der Waals surface area contributed by atoms with Crippen molar-refractivity contribution < 1.29 is 4.55 Å². The van der Waals surface area contributed by atoms with Gasteiger partial charge in [-0.15, -0.1) is 6.42 Å². The van der Waals surface area contributed by atoms with Gasteiger partial charge in [-0.25, -0.2) is 0 Å². The van der Waals surface area contributed by atoms with Crippen LogP contribution in [0.25, 0.3) is 21.9 Å². The van der Waals surface area contributed by atoms with Crippen molar-refractivity contribution in [1.29, 1.82) is 0 Å². The van der Waals surface area contributed by atoms with Gasteiger partial charge in [0.2, 0.25) is 0 Å². The molecule has 0 saturated carbocycles. The molecule has 0 saturated heterocycles. The van der Waals surface area contributed by atoms with E-state index in [-0.39, 0.29) is 0 Å². The Morgan fingerprint density at radius 2 is 1.38 bits per heavy atom. The van der Waals surface area contributed by atoms with E-state index >= 15 is 0 Å². The first-order valence-electron chi connectivity index (χ1n) is 9.26. The van der Waals surface area contributed by atoms with Crippen molar-refractivity contribution in [2.45, 2.75) is 18.7 Å². The van der Waals surface area contributed by atoms with E-state index in [4.69, 9.17) is 12.2 Å². The first kappa shape index (κ1) is 20.5. The summed E-state index contributed by atoms with van der Waals surface area (Å²) in [7, 11) is 0. The van der Waals surface area contributed by atoms with E-state index in [1.54, 1.807) is 0 Å². The van der Waals surface area contributed by atoms with Gasteiger partial charge in [0.1, 0.15) is 0 Å². The van der Waals surface area contributed by atoms with Gasteiger partial charge in [0.05, 0.1) is 0 Å². The lowest BCUT2D eigenvalue weighted by molar-refractivity contribution is 0.664. The first-order valence-corrected chi connectivity index (χ1v) is 10.0. The van der Waals surface area contributed by atoms with Gasteiger partial charge in [-0.2, -0.15) is 0 Å². The first-order chi connectivity index (χ1) is 14.0. The second kappa shape index (κ2) is 9.34. The van der Waals surface area contributed by atoms with Gasteiger partial charge in [-0.1, -0.05) is 72.1 Å². The largest absolute Gasteiger partial charge is 0.399 e. The molecule has 0 fully saturated rings. The van der Waals surface area contributed by atoms with Crippen LogP contribution >= 0.6 is 12.0 Å². The molecule has 4 aromatic rings. The Bertz CT molecular complexity index is 1110. The number of nitrogens with two attached hydrogens (primary N) is 1. The van der Waals surface area contributed by atoms with Gasteiger partial charge in [-0.05, 0) is 59.5 Å². The molecule has 0 bridgehead atoms. The summed E-state index contributed by atoms with van der Waals surface area (Å²) in [6.07, 6.45) is 5.42. The Kier molecular flexibility index (Phi) is 6.61. The molecule has 0 unspecified atom stereocenters. The summed E-state index contributed by atoms with van der Waals surface area (Å²) < 4.78 is 9.19. The molecule has 0 radical (unpaired) electrons. The van der Waals surface area contributed by atoms with E-state index in [0.29, 0.717) is 0 Å². The van der Waals surface area contributed by atoms with Crippen molar-refractivity contribution in [2.24, 2.45) is 0 Å². The Hall–Kier alpha value is -3.19. The lowest BCUT2D eigenvalue weighted by Gasteiger charge is -2.08. The van der Waals surface area contributed by atoms with Gasteiger partial charge in [0.15, 0.2) is 0 Å². The Labute approximate surface area is 176 Å². The third-order valence-electron chi connectivity index (χ3n) is 4.83. The zero-order valence-corrected chi connectivity index (χ0v) is 17.3. The van der Waals surface area contributed by atoms with Gasteiger partial charge in [0, 0.05) is 28.2 Å². The van der Waals surface area contributed by atoms with Gasteiger partial charge in [-0.3, -0.25) is 0 Å². The van der Waals surface area contributed by atoms with Gasteiger partial charge < -0.3 is 10.3 Å². The second-order valence-corrected chi connectivity index (χ2v) is 7.44. The molecule has 0 aromatic heterocycles. The highest BCUT2D eigenvalue weighted by Gasteiger charge is 2.07. The fourth-order valence-electron chi connectivity index (χ4n) is 3.13. The predicted molar refractivity (Wildman–Crippen MR) is 126 cm³/mol. The normalized spacial score (nSPS) is 10.1. The van der Waals surface area contributed by atoms with Crippen LogP contribution in [-0.4, -0.2) is 4.55 Å². The number of benzene rings is 4. The molecule has 0 atom stereocenters. The van der Waals surface area contributed by atoms with Gasteiger partial charge in [0.25, 0.3) is 0 Å². The number of aryl methyl sites for hydroxylation is 2. The number of hydrogen-bond acceptors (Lipinski definition) is 3. The lowest BCUT2D eigenvalue weighted by atomic mass is 10.0. The van der Waals surface area contributed by atoms with Crippen molar-refractivity contribution >= 4 is 28.5 Å². The average molecular weight is 398 g/mol. The molecule has 144 valence electrons. The highest BCUT2D eigenvalue weighted by Crippen LogP contribution is 2.30. The summed E-state index contributed by atoms with van der Waals surface area (Å²) in [5.41, 5.74) is 12.1. The summed E-state index contributed by atoms with van der Waals surface area (Å²) in [5.74, 6) is 2.64. The van der Waals surface area contributed by atoms with E-state index in [1.165, 1.54) is 16.7 Å². The highest BCUT2D eigenvalue weighted by atomic mass is 32.2. The van der Waals surface area contributed by atoms with Crippen molar-refractivity contribution in [3.05, 3.63) is 95.6 Å². The van der Waals surface area contributed by atoms with Crippen LogP contribution in [0.3, 0.4) is 0 Å². The average Bonchev–Trinajstić information content (AvgIpc) is 2.76. The maximum absolute atomic E-state index is 9.19. The van der Waals surface area contributed by atoms with E-state index in [1.807, 2.05) is 61.5 Å². The van der Waals surface area contributed by atoms with Crippen LogP contribution in [0.1, 0.15) is 16.7 Å². The molecular weight excluding hydrogens is 374 g/mol. The summed E-state index contributed by atoms with van der Waals surface area (Å²) in [6, 6.07) is 26.2. The van der Waals surface area contributed by atoms with E-state index in [0.717, 1.165) is 44.5 Å². The molecule has 4 aromatic carbocycles. The maximum Gasteiger partial charge on any atom is 0.0441 e. The van der Waals surface area contributed by atoms with Crippen LogP contribution in [0.15, 0.2) is 83.8 Å². The summed E-state index contributed by atoms with van der Waals surface area (Å²) in [5, 5.41) is 2.14. The third kappa shape index (κ3) is 4.81. The van der Waals surface area contributed by atoms with Crippen molar-refractivity contribution in [3.63, 3.8) is 0 Å². The molecular formula is C26H23NOS. The number of nitrogen functional groups attached to an aromatic ring is 1. The zero-order valence-electron chi connectivity index (χ0n) is 16.5. The molecule has 3 heteroatoms. The number of rotatable bonds is 2. The molecule has 0 heterocycles. The lowest BCUT2D eigenvalue weighted by Crippen LogP contribution is -1.87. The summed E-state index contributed by atoms with van der Waals surface area (Å²) >= 11 is 0.741. The fraction of sp³-hybridized carbons (Fsp3) is 0.0769. The molecule has 3 N–H and O–H groups in total. The van der Waals surface area contributed by atoms with Crippen LogP contribution in [-0.2, 0) is 0 Å². The molecule has 0 aliphatic carbocycles.